The summed E-state index contributed by atoms with van der Waals surface area (Å²) in [7, 11) is 0. The summed E-state index contributed by atoms with van der Waals surface area (Å²) in [6.07, 6.45) is -2.44. The Hall–Kier alpha value is -0.340. The van der Waals surface area contributed by atoms with E-state index in [9.17, 15) is 4.79 Å². The van der Waals surface area contributed by atoms with E-state index < -0.39 is 31.4 Å². The monoisotopic (exact) mass is 214 g/mol. The molecule has 0 radical (unpaired) electrons. The lowest BCUT2D eigenvalue weighted by Crippen LogP contribution is -2.31. The van der Waals surface area contributed by atoms with Gasteiger partial charge in [0.1, 0.15) is 12.2 Å². The predicted molar refractivity (Wildman–Crippen MR) is 47.7 cm³/mol. The van der Waals surface area contributed by atoms with E-state index in [4.69, 9.17) is 25.5 Å². The summed E-state index contributed by atoms with van der Waals surface area (Å²) in [4.78, 5) is 9.29. The summed E-state index contributed by atoms with van der Waals surface area (Å²) in [6.45, 7) is -1.05. The van der Waals surface area contributed by atoms with Crippen LogP contribution in [0.3, 0.4) is 0 Å². The predicted octanol–water partition coefficient (Wildman–Crippen LogP) is -2.31. The van der Waals surface area contributed by atoms with Gasteiger partial charge in [0.2, 0.25) is 0 Å². The third-order valence-corrected chi connectivity index (χ3v) is 1.22. The van der Waals surface area contributed by atoms with Crippen LogP contribution in [0, 0.1) is 0 Å². The Bertz CT molecular complexity index is 122. The van der Waals surface area contributed by atoms with Gasteiger partial charge in [-0.05, 0) is 0 Å². The van der Waals surface area contributed by atoms with Crippen LogP contribution < -0.4 is 0 Å². The van der Waals surface area contributed by atoms with Crippen molar-refractivity contribution < 1.29 is 30.3 Å². The van der Waals surface area contributed by atoms with Crippen molar-refractivity contribution in [2.24, 2.45) is 0 Å². The Morgan fingerprint density at radius 3 is 1.46 bits per heavy atom. The molecular weight excluding hydrogens is 200 g/mol. The van der Waals surface area contributed by atoms with E-state index in [0.717, 1.165) is 0 Å². The molecule has 7 heteroatoms. The highest BCUT2D eigenvalue weighted by atomic mass is 32.1. The van der Waals surface area contributed by atoms with Gasteiger partial charge in [-0.25, -0.2) is 0 Å². The van der Waals surface area contributed by atoms with Gasteiger partial charge in [0, 0.05) is 0 Å². The van der Waals surface area contributed by atoms with Crippen molar-refractivity contribution in [3.05, 3.63) is 0 Å². The molecule has 6 nitrogen and oxygen atoms in total. The van der Waals surface area contributed by atoms with Crippen LogP contribution in [0.2, 0.25) is 0 Å². The average molecular weight is 214 g/mol. The molecule has 0 rings (SSSR count). The first-order chi connectivity index (χ1) is 5.99. The molecule has 0 saturated carbocycles. The van der Waals surface area contributed by atoms with Crippen LogP contribution in [0.15, 0.2) is 0 Å². The van der Waals surface area contributed by atoms with Crippen LogP contribution in [-0.4, -0.2) is 62.7 Å². The van der Waals surface area contributed by atoms with E-state index in [1.54, 1.807) is 0 Å². The lowest BCUT2D eigenvalue weighted by molar-refractivity contribution is -0.133. The fourth-order valence-corrected chi connectivity index (χ4v) is 0.243. The van der Waals surface area contributed by atoms with Crippen molar-refractivity contribution >= 4 is 18.6 Å². The second-order valence-corrected chi connectivity index (χ2v) is 2.37. The number of aliphatic carboxylic acids is 1. The van der Waals surface area contributed by atoms with Crippen LogP contribution in [0.4, 0.5) is 0 Å². The van der Waals surface area contributed by atoms with Crippen molar-refractivity contribution in [3.8, 4) is 0 Å². The SMILES string of the molecule is O=C(O)CS.OCC(O)C(O)CO. The molecule has 5 N–H and O–H groups in total. The number of hydrogen-bond donors (Lipinski definition) is 6. The zero-order valence-electron chi connectivity index (χ0n) is 6.87. The first-order valence-electron chi connectivity index (χ1n) is 3.40. The topological polar surface area (TPSA) is 118 Å². The Morgan fingerprint density at radius 1 is 1.15 bits per heavy atom. The van der Waals surface area contributed by atoms with E-state index in [-0.39, 0.29) is 5.75 Å². The van der Waals surface area contributed by atoms with Crippen LogP contribution in [0.5, 0.6) is 0 Å². The largest absolute Gasteiger partial charge is 0.481 e. The molecule has 0 aromatic carbocycles. The maximum absolute atomic E-state index is 9.29. The second kappa shape index (κ2) is 9.75. The molecule has 0 aromatic rings. The quantitative estimate of drug-likeness (QED) is 0.293. The molecule has 0 fully saturated rings. The zero-order chi connectivity index (χ0) is 10.9. The van der Waals surface area contributed by atoms with Crippen LogP contribution >= 0.6 is 12.6 Å². The molecule has 2 atom stereocenters. The minimum absolute atomic E-state index is 0.0833. The molecule has 0 bridgehead atoms. The number of hydrogen-bond acceptors (Lipinski definition) is 6. The van der Waals surface area contributed by atoms with Gasteiger partial charge in [-0.3, -0.25) is 4.79 Å². The van der Waals surface area contributed by atoms with Gasteiger partial charge in [-0.2, -0.15) is 12.6 Å². The number of aliphatic hydroxyl groups excluding tert-OH is 4. The fraction of sp³-hybridized carbons (Fsp3) is 0.833. The Labute approximate surface area is 80.9 Å². The van der Waals surface area contributed by atoms with E-state index in [2.05, 4.69) is 12.6 Å². The summed E-state index contributed by atoms with van der Waals surface area (Å²) in [5.74, 6) is -0.965. The number of aliphatic hydroxyl groups is 4. The van der Waals surface area contributed by atoms with Crippen molar-refractivity contribution in [1.82, 2.24) is 0 Å². The first-order valence-corrected chi connectivity index (χ1v) is 4.03. The minimum Gasteiger partial charge on any atom is -0.481 e. The minimum atomic E-state index is -1.22. The van der Waals surface area contributed by atoms with Crippen molar-refractivity contribution in [2.75, 3.05) is 19.0 Å². The summed E-state index contributed by atoms with van der Waals surface area (Å²) in [6, 6.07) is 0. The lowest BCUT2D eigenvalue weighted by Gasteiger charge is -2.10. The maximum atomic E-state index is 9.29. The van der Waals surface area contributed by atoms with Gasteiger partial charge in [-0.1, -0.05) is 0 Å². The zero-order valence-corrected chi connectivity index (χ0v) is 7.76. The lowest BCUT2D eigenvalue weighted by atomic mass is 10.2. The van der Waals surface area contributed by atoms with Crippen LogP contribution in [-0.2, 0) is 4.79 Å². The van der Waals surface area contributed by atoms with E-state index in [1.165, 1.54) is 0 Å². The smallest absolute Gasteiger partial charge is 0.313 e. The molecule has 2 unspecified atom stereocenters. The average Bonchev–Trinajstić information content (AvgIpc) is 2.16. The van der Waals surface area contributed by atoms with E-state index in [0.29, 0.717) is 0 Å². The van der Waals surface area contributed by atoms with Crippen molar-refractivity contribution in [3.63, 3.8) is 0 Å². The number of carboxylic acid groups (broad SMARTS) is 1. The molecule has 0 heterocycles. The summed E-state index contributed by atoms with van der Waals surface area (Å²) < 4.78 is 0. The maximum Gasteiger partial charge on any atom is 0.313 e. The van der Waals surface area contributed by atoms with Crippen LogP contribution in [0.1, 0.15) is 0 Å². The van der Waals surface area contributed by atoms with Gasteiger partial charge >= 0.3 is 5.97 Å². The molecule has 0 aromatic heterocycles. The number of carbonyl (C=O) groups is 1. The summed E-state index contributed by atoms with van der Waals surface area (Å²) in [5, 5.41) is 40.8. The number of thiol groups is 1. The third kappa shape index (κ3) is 11.7. The molecule has 80 valence electrons. The second-order valence-electron chi connectivity index (χ2n) is 2.05. The van der Waals surface area contributed by atoms with Crippen molar-refractivity contribution in [2.45, 2.75) is 12.2 Å². The Morgan fingerprint density at radius 2 is 1.38 bits per heavy atom. The van der Waals surface area contributed by atoms with Gasteiger partial charge in [0.05, 0.1) is 19.0 Å². The number of rotatable bonds is 4. The van der Waals surface area contributed by atoms with Gasteiger partial charge < -0.3 is 25.5 Å². The molecule has 0 aliphatic rings. The van der Waals surface area contributed by atoms with Gasteiger partial charge in [0.25, 0.3) is 0 Å². The summed E-state index contributed by atoms with van der Waals surface area (Å²) in [5.41, 5.74) is 0. The Balaban J connectivity index is 0. The normalized spacial score (nSPS) is 13.9. The number of carboxylic acids is 1. The first kappa shape index (κ1) is 15.1. The molecule has 0 aliphatic heterocycles. The van der Waals surface area contributed by atoms with E-state index in [1.807, 2.05) is 0 Å². The fourth-order valence-electron chi connectivity index (χ4n) is 0.243. The Kier molecular flexibility index (Phi) is 11.4. The molecule has 0 spiro atoms. The highest BCUT2D eigenvalue weighted by Crippen LogP contribution is 1.88. The summed E-state index contributed by atoms with van der Waals surface area (Å²) >= 11 is 3.42. The molecule has 13 heavy (non-hydrogen) atoms. The highest BCUT2D eigenvalue weighted by Gasteiger charge is 2.12. The third-order valence-electron chi connectivity index (χ3n) is 0.954. The molecule has 0 saturated heterocycles. The molecule has 0 aliphatic carbocycles. The molecule has 0 amide bonds. The standard InChI is InChI=1S/C4H10O4.C2H4O2S/c5-1-3(7)4(8)2-6;3-2(4)1-5/h3-8H,1-2H2;5H,1H2,(H,3,4). The van der Waals surface area contributed by atoms with Gasteiger partial charge in [-0.15, -0.1) is 0 Å². The van der Waals surface area contributed by atoms with Gasteiger partial charge in [0.15, 0.2) is 0 Å². The van der Waals surface area contributed by atoms with Crippen molar-refractivity contribution in [1.29, 1.82) is 0 Å². The van der Waals surface area contributed by atoms with E-state index >= 15 is 0 Å². The van der Waals surface area contributed by atoms with Crippen LogP contribution in [0.25, 0.3) is 0 Å². The molecular formula is C6H14O6S. The highest BCUT2D eigenvalue weighted by molar-refractivity contribution is 7.81.